The third kappa shape index (κ3) is 4.88. The van der Waals surface area contributed by atoms with E-state index in [0.717, 1.165) is 13.2 Å². The van der Waals surface area contributed by atoms with Crippen LogP contribution in [-0.2, 0) is 23.7 Å². The molecule has 0 aromatic rings. The standard InChI is InChI=1S/C9H16O5/c1(10-3-8-5-13-8)2-11-7-12-4-9-6-14-9/h8-9H,1-7H2. The highest BCUT2D eigenvalue weighted by Gasteiger charge is 2.22. The number of rotatable bonds is 9. The van der Waals surface area contributed by atoms with Crippen molar-refractivity contribution in [1.82, 2.24) is 0 Å². The van der Waals surface area contributed by atoms with Crippen molar-refractivity contribution in [2.75, 3.05) is 46.4 Å². The third-order valence-corrected chi connectivity index (χ3v) is 1.95. The van der Waals surface area contributed by atoms with E-state index in [1.165, 1.54) is 0 Å². The van der Waals surface area contributed by atoms with Crippen molar-refractivity contribution in [3.8, 4) is 0 Å². The SMILES string of the molecule is C(COCC1CO1)OCOCC1CO1. The first-order chi connectivity index (χ1) is 6.95. The Bertz CT molecular complexity index is 137. The molecular formula is C9H16O5. The van der Waals surface area contributed by atoms with Crippen LogP contribution in [0.1, 0.15) is 0 Å². The second kappa shape index (κ2) is 5.63. The van der Waals surface area contributed by atoms with Crippen LogP contribution in [0, 0.1) is 0 Å². The van der Waals surface area contributed by atoms with Crippen LogP contribution in [0.15, 0.2) is 0 Å². The summed E-state index contributed by atoms with van der Waals surface area (Å²) >= 11 is 0. The Morgan fingerprint density at radius 1 is 0.857 bits per heavy atom. The Morgan fingerprint density at radius 2 is 1.43 bits per heavy atom. The zero-order valence-corrected chi connectivity index (χ0v) is 8.15. The van der Waals surface area contributed by atoms with Crippen LogP contribution >= 0.6 is 0 Å². The van der Waals surface area contributed by atoms with Gasteiger partial charge >= 0.3 is 0 Å². The number of ether oxygens (including phenoxy) is 5. The number of hydrogen-bond acceptors (Lipinski definition) is 5. The molecule has 0 saturated carbocycles. The van der Waals surface area contributed by atoms with Crippen LogP contribution in [0.2, 0.25) is 0 Å². The zero-order chi connectivity index (χ0) is 9.64. The molecule has 0 amide bonds. The van der Waals surface area contributed by atoms with E-state index in [1.54, 1.807) is 0 Å². The summed E-state index contributed by atoms with van der Waals surface area (Å²) in [6.45, 7) is 4.47. The van der Waals surface area contributed by atoms with Gasteiger partial charge in [0.1, 0.15) is 19.0 Å². The summed E-state index contributed by atoms with van der Waals surface area (Å²) in [5.74, 6) is 0. The van der Waals surface area contributed by atoms with Gasteiger partial charge in [-0.15, -0.1) is 0 Å². The largest absolute Gasteiger partial charge is 0.376 e. The third-order valence-electron chi connectivity index (χ3n) is 1.95. The van der Waals surface area contributed by atoms with Gasteiger partial charge < -0.3 is 23.7 Å². The molecule has 14 heavy (non-hydrogen) atoms. The normalized spacial score (nSPS) is 29.1. The summed E-state index contributed by atoms with van der Waals surface area (Å²) in [6.07, 6.45) is 0.639. The van der Waals surface area contributed by atoms with Crippen molar-refractivity contribution in [1.29, 1.82) is 0 Å². The molecule has 5 nitrogen and oxygen atoms in total. The van der Waals surface area contributed by atoms with Crippen molar-refractivity contribution in [3.05, 3.63) is 0 Å². The first kappa shape index (κ1) is 10.3. The monoisotopic (exact) mass is 204 g/mol. The summed E-state index contributed by atoms with van der Waals surface area (Å²) in [5.41, 5.74) is 0. The molecule has 2 saturated heterocycles. The summed E-state index contributed by atoms with van der Waals surface area (Å²) in [6, 6.07) is 0. The van der Waals surface area contributed by atoms with Crippen molar-refractivity contribution in [2.24, 2.45) is 0 Å². The van der Waals surface area contributed by atoms with Gasteiger partial charge in [0.25, 0.3) is 0 Å². The van der Waals surface area contributed by atoms with Gasteiger partial charge in [0.05, 0.1) is 39.6 Å². The molecule has 0 spiro atoms. The average Bonchev–Trinajstić information content (AvgIpc) is 3.00. The molecule has 0 bridgehead atoms. The Labute approximate surface area is 83.2 Å². The first-order valence-corrected chi connectivity index (χ1v) is 4.91. The lowest BCUT2D eigenvalue weighted by Gasteiger charge is -2.04. The molecule has 2 rings (SSSR count). The second-order valence-electron chi connectivity index (χ2n) is 3.38. The minimum atomic E-state index is 0.307. The quantitative estimate of drug-likeness (QED) is 0.295. The Kier molecular flexibility index (Phi) is 4.15. The van der Waals surface area contributed by atoms with E-state index in [-0.39, 0.29) is 0 Å². The molecule has 0 aromatic carbocycles. The Morgan fingerprint density at radius 3 is 2.07 bits per heavy atom. The minimum absolute atomic E-state index is 0.307. The Hall–Kier alpha value is -0.200. The lowest BCUT2D eigenvalue weighted by atomic mass is 10.5. The maximum atomic E-state index is 5.27. The number of hydrogen-bond donors (Lipinski definition) is 0. The van der Waals surface area contributed by atoms with E-state index in [2.05, 4.69) is 0 Å². The van der Waals surface area contributed by atoms with Crippen molar-refractivity contribution in [2.45, 2.75) is 12.2 Å². The molecule has 2 unspecified atom stereocenters. The second-order valence-corrected chi connectivity index (χ2v) is 3.38. The highest BCUT2D eigenvalue weighted by molar-refractivity contribution is 4.67. The van der Waals surface area contributed by atoms with Crippen LogP contribution in [-0.4, -0.2) is 58.6 Å². The van der Waals surface area contributed by atoms with Crippen LogP contribution in [0.4, 0.5) is 0 Å². The van der Waals surface area contributed by atoms with Crippen molar-refractivity contribution >= 4 is 0 Å². The van der Waals surface area contributed by atoms with E-state index in [0.29, 0.717) is 45.4 Å². The van der Waals surface area contributed by atoms with Gasteiger partial charge in [0, 0.05) is 0 Å². The summed E-state index contributed by atoms with van der Waals surface area (Å²) in [5, 5.41) is 0. The van der Waals surface area contributed by atoms with Gasteiger partial charge in [0.15, 0.2) is 0 Å². The van der Waals surface area contributed by atoms with Gasteiger partial charge in [-0.25, -0.2) is 0 Å². The van der Waals surface area contributed by atoms with Gasteiger partial charge in [-0.3, -0.25) is 0 Å². The van der Waals surface area contributed by atoms with Gasteiger partial charge in [-0.05, 0) is 0 Å². The zero-order valence-electron chi connectivity index (χ0n) is 8.15. The van der Waals surface area contributed by atoms with Crippen LogP contribution in [0.3, 0.4) is 0 Å². The number of epoxide rings is 2. The maximum Gasteiger partial charge on any atom is 0.146 e. The molecule has 0 radical (unpaired) electrons. The molecule has 0 aliphatic carbocycles. The predicted octanol–water partition coefficient (Wildman–Crippen LogP) is -0.209. The predicted molar refractivity (Wildman–Crippen MR) is 47.1 cm³/mol. The van der Waals surface area contributed by atoms with E-state index >= 15 is 0 Å². The van der Waals surface area contributed by atoms with Crippen molar-refractivity contribution < 1.29 is 23.7 Å². The molecule has 2 atom stereocenters. The molecule has 5 heteroatoms. The molecule has 2 aliphatic rings. The minimum Gasteiger partial charge on any atom is -0.376 e. The summed E-state index contributed by atoms with van der Waals surface area (Å²) in [4.78, 5) is 0. The van der Waals surface area contributed by atoms with Gasteiger partial charge in [-0.1, -0.05) is 0 Å². The highest BCUT2D eigenvalue weighted by atomic mass is 16.7. The van der Waals surface area contributed by atoms with Crippen LogP contribution in [0.25, 0.3) is 0 Å². The van der Waals surface area contributed by atoms with E-state index in [1.807, 2.05) is 0 Å². The smallest absolute Gasteiger partial charge is 0.146 e. The van der Waals surface area contributed by atoms with Crippen molar-refractivity contribution in [3.63, 3.8) is 0 Å². The molecule has 0 aromatic heterocycles. The average molecular weight is 204 g/mol. The highest BCUT2D eigenvalue weighted by Crippen LogP contribution is 2.08. The molecule has 0 N–H and O–H groups in total. The van der Waals surface area contributed by atoms with Crippen LogP contribution in [0.5, 0.6) is 0 Å². The van der Waals surface area contributed by atoms with E-state index < -0.39 is 0 Å². The first-order valence-electron chi connectivity index (χ1n) is 4.91. The lowest BCUT2D eigenvalue weighted by Crippen LogP contribution is -2.11. The molecular weight excluding hydrogens is 188 g/mol. The fraction of sp³-hybridized carbons (Fsp3) is 1.00. The molecule has 82 valence electrons. The Balaban J connectivity index is 1.25. The molecule has 2 heterocycles. The lowest BCUT2D eigenvalue weighted by molar-refractivity contribution is -0.0728. The van der Waals surface area contributed by atoms with E-state index in [4.69, 9.17) is 23.7 Å². The molecule has 2 fully saturated rings. The maximum absolute atomic E-state index is 5.27. The topological polar surface area (TPSA) is 52.8 Å². The van der Waals surface area contributed by atoms with E-state index in [9.17, 15) is 0 Å². The summed E-state index contributed by atoms with van der Waals surface area (Å²) in [7, 11) is 0. The van der Waals surface area contributed by atoms with Gasteiger partial charge in [0.2, 0.25) is 0 Å². The fourth-order valence-corrected chi connectivity index (χ4v) is 0.959. The molecule has 2 aliphatic heterocycles. The van der Waals surface area contributed by atoms with Crippen LogP contribution < -0.4 is 0 Å². The van der Waals surface area contributed by atoms with Gasteiger partial charge in [-0.2, -0.15) is 0 Å². The summed E-state index contributed by atoms with van der Waals surface area (Å²) < 4.78 is 25.6. The fourth-order valence-electron chi connectivity index (χ4n) is 0.959.